The highest BCUT2D eigenvalue weighted by atomic mass is 16.3. The largest absolute Gasteiger partial charge is 0.394 e. The summed E-state index contributed by atoms with van der Waals surface area (Å²) in [4.78, 5) is 11.3. The van der Waals surface area contributed by atoms with Gasteiger partial charge in [-0.15, -0.1) is 0 Å². The van der Waals surface area contributed by atoms with Crippen molar-refractivity contribution in [3.63, 3.8) is 0 Å². The first-order chi connectivity index (χ1) is 7.31. The maximum atomic E-state index is 8.90. The summed E-state index contributed by atoms with van der Waals surface area (Å²) in [6.07, 6.45) is 3.46. The van der Waals surface area contributed by atoms with E-state index in [1.807, 2.05) is 18.3 Å². The summed E-state index contributed by atoms with van der Waals surface area (Å²) in [5.41, 5.74) is 7.31. The number of nitrogens with zero attached hydrogens (tertiary/aromatic N) is 2. The molecule has 4 N–H and O–H groups in total. The maximum absolute atomic E-state index is 8.90. The lowest BCUT2D eigenvalue weighted by Gasteiger charge is -2.07. The number of hydrogen-bond acceptors (Lipinski definition) is 4. The van der Waals surface area contributed by atoms with Crippen LogP contribution in [-0.4, -0.2) is 26.7 Å². The van der Waals surface area contributed by atoms with Crippen molar-refractivity contribution >= 4 is 0 Å². The van der Waals surface area contributed by atoms with Crippen LogP contribution in [0, 0.1) is 0 Å². The number of hydrogen-bond donors (Lipinski definition) is 3. The normalized spacial score (nSPS) is 12.7. The minimum atomic E-state index is -0.528. The molecule has 5 nitrogen and oxygen atoms in total. The molecule has 1 unspecified atom stereocenters. The molecule has 0 radical (unpaired) electrons. The summed E-state index contributed by atoms with van der Waals surface area (Å²) in [6, 6.07) is 5.07. The van der Waals surface area contributed by atoms with Gasteiger partial charge in [-0.25, -0.2) is 9.97 Å². The first-order valence-electron chi connectivity index (χ1n) is 4.64. The maximum Gasteiger partial charge on any atom is 0.148 e. The van der Waals surface area contributed by atoms with Gasteiger partial charge in [0.1, 0.15) is 5.82 Å². The molecule has 0 amide bonds. The average Bonchev–Trinajstić information content (AvgIpc) is 2.82. The molecule has 0 spiro atoms. The quantitative estimate of drug-likeness (QED) is 0.678. The van der Waals surface area contributed by atoms with E-state index in [-0.39, 0.29) is 6.61 Å². The molecule has 2 aromatic heterocycles. The van der Waals surface area contributed by atoms with Crippen molar-refractivity contribution in [1.29, 1.82) is 0 Å². The first-order valence-corrected chi connectivity index (χ1v) is 4.64. The Bertz CT molecular complexity index is 427. The molecule has 0 aliphatic heterocycles. The molecule has 0 aromatic carbocycles. The Morgan fingerprint density at radius 1 is 1.47 bits per heavy atom. The van der Waals surface area contributed by atoms with Gasteiger partial charge in [0.05, 0.1) is 24.0 Å². The van der Waals surface area contributed by atoms with Gasteiger partial charge < -0.3 is 15.8 Å². The smallest absolute Gasteiger partial charge is 0.148 e. The Balaban J connectivity index is 2.35. The third-order valence-corrected chi connectivity index (χ3v) is 2.08. The highest BCUT2D eigenvalue weighted by molar-refractivity contribution is 5.53. The van der Waals surface area contributed by atoms with Gasteiger partial charge in [-0.05, 0) is 18.2 Å². The molecule has 0 saturated carbocycles. The molecule has 2 rings (SSSR count). The molecule has 0 aliphatic carbocycles. The molecule has 0 saturated heterocycles. The van der Waals surface area contributed by atoms with E-state index < -0.39 is 6.04 Å². The monoisotopic (exact) mass is 204 g/mol. The van der Waals surface area contributed by atoms with Crippen molar-refractivity contribution < 1.29 is 5.11 Å². The van der Waals surface area contributed by atoms with Gasteiger partial charge in [-0.3, -0.25) is 0 Å². The number of nitrogens with two attached hydrogens (primary N) is 1. The number of H-pyrrole nitrogens is 1. The van der Waals surface area contributed by atoms with Gasteiger partial charge in [-0.1, -0.05) is 0 Å². The third kappa shape index (κ3) is 2.03. The topological polar surface area (TPSA) is 87.8 Å². The second kappa shape index (κ2) is 4.20. The van der Waals surface area contributed by atoms with Crippen molar-refractivity contribution in [3.8, 4) is 11.4 Å². The number of aromatic amines is 1. The minimum absolute atomic E-state index is 0.159. The molecule has 5 heteroatoms. The molecular weight excluding hydrogens is 192 g/mol. The predicted molar refractivity (Wildman–Crippen MR) is 55.8 cm³/mol. The lowest BCUT2D eigenvalue weighted by molar-refractivity contribution is 0.263. The van der Waals surface area contributed by atoms with Gasteiger partial charge in [0.2, 0.25) is 0 Å². The highest BCUT2D eigenvalue weighted by Crippen LogP contribution is 2.14. The van der Waals surface area contributed by atoms with E-state index in [0.717, 1.165) is 11.4 Å². The molecule has 2 aromatic rings. The van der Waals surface area contributed by atoms with E-state index >= 15 is 0 Å². The summed E-state index contributed by atoms with van der Waals surface area (Å²) >= 11 is 0. The van der Waals surface area contributed by atoms with Crippen LogP contribution in [0.5, 0.6) is 0 Å². The van der Waals surface area contributed by atoms with Crippen molar-refractivity contribution in [2.24, 2.45) is 5.73 Å². The second-order valence-corrected chi connectivity index (χ2v) is 3.17. The molecule has 78 valence electrons. The van der Waals surface area contributed by atoms with Gasteiger partial charge in [0, 0.05) is 12.4 Å². The zero-order chi connectivity index (χ0) is 10.7. The summed E-state index contributed by atoms with van der Waals surface area (Å²) in [6.45, 7) is -0.159. The fraction of sp³-hybridized carbons (Fsp3) is 0.200. The van der Waals surface area contributed by atoms with Crippen LogP contribution in [0.15, 0.2) is 30.6 Å². The van der Waals surface area contributed by atoms with Gasteiger partial charge in [-0.2, -0.15) is 0 Å². The summed E-state index contributed by atoms with van der Waals surface area (Å²) in [5.74, 6) is 0.449. The van der Waals surface area contributed by atoms with E-state index in [1.54, 1.807) is 12.3 Å². The predicted octanol–water partition coefficient (Wildman–Crippen LogP) is 0.464. The van der Waals surface area contributed by atoms with Crippen molar-refractivity contribution in [2.45, 2.75) is 6.04 Å². The Morgan fingerprint density at radius 3 is 3.00 bits per heavy atom. The summed E-state index contributed by atoms with van der Waals surface area (Å²) in [7, 11) is 0. The average molecular weight is 204 g/mol. The van der Waals surface area contributed by atoms with E-state index in [1.165, 1.54) is 0 Å². The molecule has 0 fully saturated rings. The van der Waals surface area contributed by atoms with Crippen molar-refractivity contribution in [2.75, 3.05) is 6.61 Å². The van der Waals surface area contributed by atoms with E-state index in [2.05, 4.69) is 15.0 Å². The fourth-order valence-corrected chi connectivity index (χ4v) is 1.27. The van der Waals surface area contributed by atoms with Crippen LogP contribution in [0.25, 0.3) is 11.4 Å². The molecule has 1 atom stereocenters. The van der Waals surface area contributed by atoms with Gasteiger partial charge in [0.25, 0.3) is 0 Å². The molecule has 15 heavy (non-hydrogen) atoms. The van der Waals surface area contributed by atoms with Crippen LogP contribution in [0.3, 0.4) is 0 Å². The Labute approximate surface area is 87.0 Å². The van der Waals surface area contributed by atoms with E-state index in [4.69, 9.17) is 10.8 Å². The Morgan fingerprint density at radius 2 is 2.33 bits per heavy atom. The number of rotatable bonds is 3. The van der Waals surface area contributed by atoms with Crippen LogP contribution in [0.1, 0.15) is 11.9 Å². The lowest BCUT2D eigenvalue weighted by atomic mass is 10.2. The standard InChI is InChI=1S/C10H12N4O/c11-7(6-15)10-13-5-3-9(14-10)8-2-1-4-12-8/h1-5,7,12,15H,6,11H2. The zero-order valence-electron chi connectivity index (χ0n) is 8.09. The Kier molecular flexibility index (Phi) is 2.75. The molecule has 0 aliphatic rings. The van der Waals surface area contributed by atoms with Crippen LogP contribution in [0.2, 0.25) is 0 Å². The highest BCUT2D eigenvalue weighted by Gasteiger charge is 2.09. The third-order valence-electron chi connectivity index (χ3n) is 2.08. The van der Waals surface area contributed by atoms with Crippen LogP contribution in [0.4, 0.5) is 0 Å². The van der Waals surface area contributed by atoms with Gasteiger partial charge >= 0.3 is 0 Å². The summed E-state index contributed by atoms with van der Waals surface area (Å²) in [5, 5.41) is 8.90. The SMILES string of the molecule is NC(CO)c1nccc(-c2ccc[nH]2)n1. The van der Waals surface area contributed by atoms with Crippen molar-refractivity contribution in [3.05, 3.63) is 36.4 Å². The zero-order valence-corrected chi connectivity index (χ0v) is 8.09. The number of aromatic nitrogens is 3. The molecule has 2 heterocycles. The summed E-state index contributed by atoms with van der Waals surface area (Å²) < 4.78 is 0. The van der Waals surface area contributed by atoms with Crippen LogP contribution < -0.4 is 5.73 Å². The van der Waals surface area contributed by atoms with Crippen LogP contribution in [-0.2, 0) is 0 Å². The minimum Gasteiger partial charge on any atom is -0.394 e. The molecule has 0 bridgehead atoms. The number of aliphatic hydroxyl groups excluding tert-OH is 1. The first kappa shape index (κ1) is 9.82. The second-order valence-electron chi connectivity index (χ2n) is 3.17. The van der Waals surface area contributed by atoms with Crippen molar-refractivity contribution in [1.82, 2.24) is 15.0 Å². The fourth-order valence-electron chi connectivity index (χ4n) is 1.27. The van der Waals surface area contributed by atoms with E-state index in [9.17, 15) is 0 Å². The number of aliphatic hydroxyl groups is 1. The Hall–Kier alpha value is -1.72. The molecular formula is C10H12N4O. The number of nitrogens with one attached hydrogen (secondary N) is 1. The van der Waals surface area contributed by atoms with E-state index in [0.29, 0.717) is 5.82 Å². The lowest BCUT2D eigenvalue weighted by Crippen LogP contribution is -2.17. The van der Waals surface area contributed by atoms with Gasteiger partial charge in [0.15, 0.2) is 0 Å². The van der Waals surface area contributed by atoms with Crippen LogP contribution >= 0.6 is 0 Å².